The highest BCUT2D eigenvalue weighted by molar-refractivity contribution is 8.06. The molecule has 0 heterocycles. The first-order chi connectivity index (χ1) is 8.33. The van der Waals surface area contributed by atoms with Crippen molar-refractivity contribution in [2.24, 2.45) is 0 Å². The molecule has 1 unspecified atom stereocenters. The van der Waals surface area contributed by atoms with E-state index in [0.29, 0.717) is 12.6 Å². The first kappa shape index (κ1) is 18.5. The van der Waals surface area contributed by atoms with Crippen LogP contribution in [0.4, 0.5) is 0 Å². The summed E-state index contributed by atoms with van der Waals surface area (Å²) in [5, 5.41) is 3.37. The third kappa shape index (κ3) is 12.9. The number of hydrogen-bond acceptors (Lipinski definition) is 5. The van der Waals surface area contributed by atoms with Gasteiger partial charge in [0, 0.05) is 6.04 Å². The smallest absolute Gasteiger partial charge is 0.115 e. The maximum absolute atomic E-state index is 11.6. The van der Waals surface area contributed by atoms with Crippen LogP contribution in [0.25, 0.3) is 0 Å². The van der Waals surface area contributed by atoms with Crippen LogP contribution in [0, 0.1) is 0 Å². The Morgan fingerprint density at radius 3 is 2.28 bits per heavy atom. The van der Waals surface area contributed by atoms with Gasteiger partial charge in [-0.1, -0.05) is 38.5 Å². The first-order valence-corrected chi connectivity index (χ1v) is 9.26. The lowest BCUT2D eigenvalue weighted by atomic mass is 10.2. The fourth-order valence-corrected chi connectivity index (χ4v) is 3.11. The van der Waals surface area contributed by atoms with E-state index in [9.17, 15) is 4.89 Å². The molecule has 0 amide bonds. The molecule has 0 aliphatic carbocycles. The van der Waals surface area contributed by atoms with Gasteiger partial charge in [-0.3, -0.25) is 0 Å². The molecule has 6 heteroatoms. The number of rotatable bonds is 11. The van der Waals surface area contributed by atoms with Crippen LogP contribution >= 0.6 is 6.72 Å². The number of unbranched alkanes of at least 4 members (excludes halogenated alkanes) is 3. The molecule has 0 saturated carbocycles. The summed E-state index contributed by atoms with van der Waals surface area (Å²) in [4.78, 5) is 11.6. The van der Waals surface area contributed by atoms with Crippen LogP contribution in [0.15, 0.2) is 0 Å². The van der Waals surface area contributed by atoms with Crippen molar-refractivity contribution in [1.29, 1.82) is 0 Å². The lowest BCUT2D eigenvalue weighted by molar-refractivity contribution is -0.209. The van der Waals surface area contributed by atoms with Gasteiger partial charge in [0.15, 0.2) is 0 Å². The lowest BCUT2D eigenvalue weighted by Gasteiger charge is -2.29. The standard InChI is InChI=1S/C12H28NO3PS/c1-11(2)13-9-7-5-6-8-10-15-17(14,18)16-12(3)4/h11-13H,5-10H2,1-4H3,(H,14,18)/p-1. The zero-order chi connectivity index (χ0) is 14.0. The average molecular weight is 296 g/mol. The second-order valence-corrected chi connectivity index (χ2v) is 7.66. The molecule has 0 saturated heterocycles. The Balaban J connectivity index is 3.37. The fraction of sp³-hybridized carbons (Fsp3) is 1.00. The van der Waals surface area contributed by atoms with E-state index in [-0.39, 0.29) is 6.10 Å². The normalized spacial score (nSPS) is 15.3. The van der Waals surface area contributed by atoms with Crippen LogP contribution in [0.5, 0.6) is 0 Å². The zero-order valence-electron chi connectivity index (χ0n) is 12.0. The van der Waals surface area contributed by atoms with Gasteiger partial charge in [-0.2, -0.15) is 0 Å². The minimum absolute atomic E-state index is 0.157. The van der Waals surface area contributed by atoms with Gasteiger partial charge in [-0.15, -0.1) is 0 Å². The van der Waals surface area contributed by atoms with Gasteiger partial charge in [-0.05, 0) is 33.2 Å². The number of nitrogens with one attached hydrogen (secondary N) is 1. The van der Waals surface area contributed by atoms with Crippen molar-refractivity contribution >= 4 is 18.5 Å². The van der Waals surface area contributed by atoms with E-state index >= 15 is 0 Å². The molecule has 0 aromatic carbocycles. The highest BCUT2D eigenvalue weighted by Gasteiger charge is 2.06. The van der Waals surface area contributed by atoms with Gasteiger partial charge in [-0.25, -0.2) is 0 Å². The van der Waals surface area contributed by atoms with Crippen molar-refractivity contribution in [2.75, 3.05) is 13.2 Å². The lowest BCUT2D eigenvalue weighted by Crippen LogP contribution is -2.23. The Hall–Kier alpha value is 0.490. The number of hydrogen-bond donors (Lipinski definition) is 1. The second-order valence-electron chi connectivity index (χ2n) is 4.96. The van der Waals surface area contributed by atoms with Gasteiger partial charge in [0.1, 0.15) is 6.72 Å². The molecule has 0 spiro atoms. The summed E-state index contributed by atoms with van der Waals surface area (Å²) in [6.45, 7) is 6.10. The van der Waals surface area contributed by atoms with Gasteiger partial charge >= 0.3 is 0 Å². The van der Waals surface area contributed by atoms with Crippen molar-refractivity contribution in [3.63, 3.8) is 0 Å². The molecule has 0 radical (unpaired) electrons. The molecule has 0 aliphatic heterocycles. The van der Waals surface area contributed by atoms with Gasteiger partial charge in [0.2, 0.25) is 0 Å². The van der Waals surface area contributed by atoms with E-state index in [0.717, 1.165) is 32.2 Å². The molecule has 4 nitrogen and oxygen atoms in total. The Kier molecular flexibility index (Phi) is 10.6. The van der Waals surface area contributed by atoms with Gasteiger partial charge in [0.25, 0.3) is 0 Å². The van der Waals surface area contributed by atoms with Crippen molar-refractivity contribution in [1.82, 2.24) is 5.32 Å². The highest BCUT2D eigenvalue weighted by Crippen LogP contribution is 2.40. The van der Waals surface area contributed by atoms with Crippen LogP contribution in [-0.4, -0.2) is 25.3 Å². The first-order valence-electron chi connectivity index (χ1n) is 6.71. The Morgan fingerprint density at radius 1 is 1.11 bits per heavy atom. The molecule has 18 heavy (non-hydrogen) atoms. The summed E-state index contributed by atoms with van der Waals surface area (Å²) in [5.41, 5.74) is 0. The van der Waals surface area contributed by atoms with Crippen LogP contribution in [0.3, 0.4) is 0 Å². The molecule has 0 rings (SSSR count). The molecule has 0 fully saturated rings. The maximum Gasteiger partial charge on any atom is 0.115 e. The highest BCUT2D eigenvalue weighted by atomic mass is 32.5. The summed E-state index contributed by atoms with van der Waals surface area (Å²) >= 11 is 4.77. The van der Waals surface area contributed by atoms with E-state index in [2.05, 4.69) is 19.2 Å². The molecule has 1 N–H and O–H groups in total. The molecular formula is C12H27NO3PS-. The summed E-state index contributed by atoms with van der Waals surface area (Å²) < 4.78 is 10.2. The van der Waals surface area contributed by atoms with Crippen molar-refractivity contribution < 1.29 is 13.9 Å². The van der Waals surface area contributed by atoms with Crippen molar-refractivity contribution in [2.45, 2.75) is 65.5 Å². The topological polar surface area (TPSA) is 53.5 Å². The average Bonchev–Trinajstić information content (AvgIpc) is 2.19. The van der Waals surface area contributed by atoms with Gasteiger partial charge < -0.3 is 19.3 Å². The molecule has 1 atom stereocenters. The van der Waals surface area contributed by atoms with Crippen LogP contribution in [0.1, 0.15) is 53.4 Å². The van der Waals surface area contributed by atoms with Crippen LogP contribution in [-0.2, 0) is 20.9 Å². The molecule has 0 aromatic heterocycles. The zero-order valence-corrected chi connectivity index (χ0v) is 13.7. The maximum atomic E-state index is 11.6. The van der Waals surface area contributed by atoms with Crippen molar-refractivity contribution in [3.05, 3.63) is 0 Å². The van der Waals surface area contributed by atoms with E-state index in [1.54, 1.807) is 13.8 Å². The summed E-state index contributed by atoms with van der Waals surface area (Å²) in [5.74, 6) is 0. The predicted octanol–water partition coefficient (Wildman–Crippen LogP) is 2.57. The SMILES string of the molecule is CC(C)NCCCCCCOP([O-])(=S)OC(C)C. The monoisotopic (exact) mass is 296 g/mol. The van der Waals surface area contributed by atoms with Crippen LogP contribution < -0.4 is 10.2 Å². The molecule has 0 aliphatic rings. The Bertz CT molecular complexity index is 249. The fourth-order valence-electron chi connectivity index (χ4n) is 1.44. The van der Waals surface area contributed by atoms with Gasteiger partial charge in [0.05, 0.1) is 12.7 Å². The summed E-state index contributed by atoms with van der Waals surface area (Å²) in [6.07, 6.45) is 4.10. The van der Waals surface area contributed by atoms with Crippen LogP contribution in [0.2, 0.25) is 0 Å². The third-order valence-electron chi connectivity index (χ3n) is 2.21. The van der Waals surface area contributed by atoms with E-state index < -0.39 is 6.72 Å². The van der Waals surface area contributed by atoms with E-state index in [4.69, 9.17) is 20.9 Å². The minimum atomic E-state index is -3.25. The molecule has 0 bridgehead atoms. The van der Waals surface area contributed by atoms with Crippen molar-refractivity contribution in [3.8, 4) is 0 Å². The summed E-state index contributed by atoms with van der Waals surface area (Å²) in [6, 6.07) is 0.549. The quantitative estimate of drug-likeness (QED) is 0.469. The molecule has 110 valence electrons. The van der Waals surface area contributed by atoms with E-state index in [1.165, 1.54) is 0 Å². The minimum Gasteiger partial charge on any atom is -0.780 e. The third-order valence-corrected chi connectivity index (χ3v) is 3.97. The molecule has 0 aromatic rings. The predicted molar refractivity (Wildman–Crippen MR) is 78.1 cm³/mol. The molecular weight excluding hydrogens is 269 g/mol. The summed E-state index contributed by atoms with van der Waals surface area (Å²) in [7, 11) is 0. The Morgan fingerprint density at radius 2 is 1.72 bits per heavy atom. The second kappa shape index (κ2) is 10.3. The Labute approximate surface area is 117 Å². The van der Waals surface area contributed by atoms with E-state index in [1.807, 2.05) is 0 Å². The largest absolute Gasteiger partial charge is 0.780 e.